The van der Waals surface area contributed by atoms with Crippen molar-refractivity contribution >= 4 is 15.9 Å². The Morgan fingerprint density at radius 3 is 2.47 bits per heavy atom. The molecule has 0 radical (unpaired) electrons. The van der Waals surface area contributed by atoms with Crippen molar-refractivity contribution in [2.24, 2.45) is 5.73 Å². The lowest BCUT2D eigenvalue weighted by atomic mass is 10.2. The molecule has 0 aromatic heterocycles. The van der Waals surface area contributed by atoms with E-state index in [1.165, 1.54) is 5.56 Å². The minimum atomic E-state index is 0.289. The molecule has 1 aromatic carbocycles. The summed E-state index contributed by atoms with van der Waals surface area (Å²) in [5.74, 6) is 0. The molecular formula is C12H19BrN2. The van der Waals surface area contributed by atoms with Gasteiger partial charge in [0.2, 0.25) is 0 Å². The maximum absolute atomic E-state index is 5.72. The van der Waals surface area contributed by atoms with Gasteiger partial charge in [-0.1, -0.05) is 28.1 Å². The Balaban J connectivity index is 2.37. The molecule has 15 heavy (non-hydrogen) atoms. The van der Waals surface area contributed by atoms with E-state index >= 15 is 0 Å². The first kappa shape index (κ1) is 12.7. The first-order chi connectivity index (χ1) is 7.08. The van der Waals surface area contributed by atoms with E-state index in [1.807, 2.05) is 6.92 Å². The zero-order valence-corrected chi connectivity index (χ0v) is 11.0. The third-order valence-corrected chi connectivity index (χ3v) is 2.86. The maximum Gasteiger partial charge on any atom is 0.0230 e. The second kappa shape index (κ2) is 6.26. The number of halogens is 1. The fourth-order valence-electron chi connectivity index (χ4n) is 1.40. The Morgan fingerprint density at radius 2 is 1.93 bits per heavy atom. The van der Waals surface area contributed by atoms with Crippen LogP contribution in [0.15, 0.2) is 28.7 Å². The van der Waals surface area contributed by atoms with E-state index in [-0.39, 0.29) is 6.04 Å². The second-order valence-electron chi connectivity index (χ2n) is 4.13. The van der Waals surface area contributed by atoms with Crippen molar-refractivity contribution < 1.29 is 0 Å². The number of hydrogen-bond acceptors (Lipinski definition) is 2. The van der Waals surface area contributed by atoms with Crippen molar-refractivity contribution in [2.75, 3.05) is 13.6 Å². The van der Waals surface area contributed by atoms with E-state index in [0.29, 0.717) is 0 Å². The molecule has 1 atom stereocenters. The predicted octanol–water partition coefficient (Wildman–Crippen LogP) is 2.62. The lowest BCUT2D eigenvalue weighted by molar-refractivity contribution is 0.313. The summed E-state index contributed by atoms with van der Waals surface area (Å²) < 4.78 is 1.13. The molecule has 0 heterocycles. The van der Waals surface area contributed by atoms with Gasteiger partial charge in [0.1, 0.15) is 0 Å². The monoisotopic (exact) mass is 270 g/mol. The number of hydrogen-bond donors (Lipinski definition) is 1. The molecule has 0 bridgehead atoms. The highest BCUT2D eigenvalue weighted by atomic mass is 79.9. The third-order valence-electron chi connectivity index (χ3n) is 2.33. The number of nitrogens with zero attached hydrogens (tertiary/aromatic N) is 1. The van der Waals surface area contributed by atoms with Crippen LogP contribution in [-0.4, -0.2) is 24.5 Å². The molecule has 1 rings (SSSR count). The minimum absolute atomic E-state index is 0.289. The van der Waals surface area contributed by atoms with Gasteiger partial charge in [-0.05, 0) is 44.6 Å². The van der Waals surface area contributed by atoms with E-state index in [9.17, 15) is 0 Å². The van der Waals surface area contributed by atoms with Crippen LogP contribution in [-0.2, 0) is 6.54 Å². The van der Waals surface area contributed by atoms with Crippen LogP contribution in [0.5, 0.6) is 0 Å². The summed E-state index contributed by atoms with van der Waals surface area (Å²) in [5, 5.41) is 0. The van der Waals surface area contributed by atoms with Crippen LogP contribution < -0.4 is 5.73 Å². The van der Waals surface area contributed by atoms with Gasteiger partial charge >= 0.3 is 0 Å². The Bertz CT molecular complexity index is 282. The van der Waals surface area contributed by atoms with Gasteiger partial charge in [0.05, 0.1) is 0 Å². The van der Waals surface area contributed by atoms with Gasteiger partial charge in [-0.2, -0.15) is 0 Å². The van der Waals surface area contributed by atoms with E-state index < -0.39 is 0 Å². The van der Waals surface area contributed by atoms with Crippen LogP contribution >= 0.6 is 15.9 Å². The first-order valence-corrected chi connectivity index (χ1v) is 6.06. The smallest absolute Gasteiger partial charge is 0.0230 e. The second-order valence-corrected chi connectivity index (χ2v) is 5.05. The fraction of sp³-hybridized carbons (Fsp3) is 0.500. The average molecular weight is 271 g/mol. The zero-order chi connectivity index (χ0) is 11.3. The lowest BCUT2D eigenvalue weighted by Crippen LogP contribution is -2.25. The van der Waals surface area contributed by atoms with Crippen molar-refractivity contribution in [3.63, 3.8) is 0 Å². The van der Waals surface area contributed by atoms with E-state index in [4.69, 9.17) is 5.73 Å². The van der Waals surface area contributed by atoms with Crippen molar-refractivity contribution in [2.45, 2.75) is 25.9 Å². The quantitative estimate of drug-likeness (QED) is 0.892. The largest absolute Gasteiger partial charge is 0.328 e. The molecule has 0 spiro atoms. The Hall–Kier alpha value is -0.380. The average Bonchev–Trinajstić information content (AvgIpc) is 2.19. The normalized spacial score (nSPS) is 13.1. The number of benzene rings is 1. The van der Waals surface area contributed by atoms with Gasteiger partial charge in [-0.3, -0.25) is 0 Å². The molecule has 1 unspecified atom stereocenters. The molecule has 0 saturated heterocycles. The molecule has 0 fully saturated rings. The third kappa shape index (κ3) is 5.30. The van der Waals surface area contributed by atoms with Gasteiger partial charge in [-0.15, -0.1) is 0 Å². The molecule has 0 aliphatic heterocycles. The van der Waals surface area contributed by atoms with E-state index in [1.54, 1.807) is 0 Å². The summed E-state index contributed by atoms with van der Waals surface area (Å²) in [5.41, 5.74) is 7.06. The van der Waals surface area contributed by atoms with Crippen LogP contribution in [0.25, 0.3) is 0 Å². The van der Waals surface area contributed by atoms with Gasteiger partial charge in [0.15, 0.2) is 0 Å². The first-order valence-electron chi connectivity index (χ1n) is 5.26. The Kier molecular flexibility index (Phi) is 5.29. The highest BCUT2D eigenvalue weighted by molar-refractivity contribution is 9.10. The van der Waals surface area contributed by atoms with E-state index in [0.717, 1.165) is 24.0 Å². The minimum Gasteiger partial charge on any atom is -0.328 e. The lowest BCUT2D eigenvalue weighted by Gasteiger charge is -2.17. The highest BCUT2D eigenvalue weighted by Gasteiger charge is 2.01. The molecular weight excluding hydrogens is 252 g/mol. The van der Waals surface area contributed by atoms with E-state index in [2.05, 4.69) is 52.1 Å². The summed E-state index contributed by atoms with van der Waals surface area (Å²) in [6, 6.07) is 8.74. The van der Waals surface area contributed by atoms with Crippen molar-refractivity contribution in [3.05, 3.63) is 34.3 Å². The number of nitrogens with two attached hydrogens (primary N) is 1. The Labute approximate surface area is 101 Å². The van der Waals surface area contributed by atoms with Gasteiger partial charge in [-0.25, -0.2) is 0 Å². The molecule has 0 aliphatic rings. The topological polar surface area (TPSA) is 29.3 Å². The molecule has 3 heteroatoms. The molecule has 0 aliphatic carbocycles. The van der Waals surface area contributed by atoms with Gasteiger partial charge in [0, 0.05) is 17.1 Å². The molecule has 84 valence electrons. The van der Waals surface area contributed by atoms with Crippen LogP contribution in [0.1, 0.15) is 18.9 Å². The Morgan fingerprint density at radius 1 is 1.33 bits per heavy atom. The predicted molar refractivity (Wildman–Crippen MR) is 68.7 cm³/mol. The zero-order valence-electron chi connectivity index (χ0n) is 9.41. The van der Waals surface area contributed by atoms with Crippen LogP contribution in [0.2, 0.25) is 0 Å². The highest BCUT2D eigenvalue weighted by Crippen LogP contribution is 2.11. The summed E-state index contributed by atoms with van der Waals surface area (Å²) in [4.78, 5) is 2.30. The summed E-state index contributed by atoms with van der Waals surface area (Å²) in [6.07, 6.45) is 1.05. The molecule has 0 saturated carbocycles. The molecule has 2 N–H and O–H groups in total. The number of rotatable bonds is 5. The van der Waals surface area contributed by atoms with Gasteiger partial charge < -0.3 is 10.6 Å². The van der Waals surface area contributed by atoms with Crippen molar-refractivity contribution in [3.8, 4) is 0 Å². The van der Waals surface area contributed by atoms with Crippen molar-refractivity contribution in [1.29, 1.82) is 0 Å². The van der Waals surface area contributed by atoms with Crippen LogP contribution in [0.3, 0.4) is 0 Å². The molecule has 1 aromatic rings. The molecule has 2 nitrogen and oxygen atoms in total. The summed E-state index contributed by atoms with van der Waals surface area (Å²) >= 11 is 3.43. The standard InChI is InChI=1S/C12H19BrN2/c1-10(14)7-8-15(2)9-11-3-5-12(13)6-4-11/h3-6,10H,7-9,14H2,1-2H3. The van der Waals surface area contributed by atoms with Crippen molar-refractivity contribution in [1.82, 2.24) is 4.90 Å². The molecule has 0 amide bonds. The SMILES string of the molecule is CC(N)CCN(C)Cc1ccc(Br)cc1. The fourth-order valence-corrected chi connectivity index (χ4v) is 1.67. The van der Waals surface area contributed by atoms with Gasteiger partial charge in [0.25, 0.3) is 0 Å². The van der Waals surface area contributed by atoms with Crippen LogP contribution in [0, 0.1) is 0 Å². The van der Waals surface area contributed by atoms with Crippen LogP contribution in [0.4, 0.5) is 0 Å². The maximum atomic E-state index is 5.72. The summed E-state index contributed by atoms with van der Waals surface area (Å²) in [6.45, 7) is 4.08. The summed E-state index contributed by atoms with van der Waals surface area (Å²) in [7, 11) is 2.13.